The quantitative estimate of drug-likeness (QED) is 0.914. The highest BCUT2D eigenvalue weighted by molar-refractivity contribution is 5.50. The Hall–Kier alpha value is -2.00. The standard InChI is InChI=1S/C18H24N2O/c1-13-9-14(2)11-16(10-13)20(3)12-18(19)15-5-7-17(21-4)8-6-15/h5-11,18H,12,19H2,1-4H3. The molecule has 2 aromatic rings. The van der Waals surface area contributed by atoms with Crippen molar-refractivity contribution in [2.75, 3.05) is 25.6 Å². The van der Waals surface area contributed by atoms with Crippen LogP contribution in [0.4, 0.5) is 5.69 Å². The van der Waals surface area contributed by atoms with Gasteiger partial charge >= 0.3 is 0 Å². The Morgan fingerprint density at radius 1 is 1.05 bits per heavy atom. The molecule has 0 aliphatic heterocycles. The van der Waals surface area contributed by atoms with Crippen molar-refractivity contribution < 1.29 is 4.74 Å². The van der Waals surface area contributed by atoms with Gasteiger partial charge in [-0.05, 0) is 54.8 Å². The first-order valence-corrected chi connectivity index (χ1v) is 7.18. The third-order valence-corrected chi connectivity index (χ3v) is 3.66. The maximum absolute atomic E-state index is 6.32. The van der Waals surface area contributed by atoms with E-state index in [4.69, 9.17) is 10.5 Å². The van der Waals surface area contributed by atoms with Crippen LogP contribution in [-0.2, 0) is 0 Å². The highest BCUT2D eigenvalue weighted by atomic mass is 16.5. The molecule has 1 atom stereocenters. The number of hydrogen-bond acceptors (Lipinski definition) is 3. The second-order valence-electron chi connectivity index (χ2n) is 5.61. The second-order valence-corrected chi connectivity index (χ2v) is 5.61. The van der Waals surface area contributed by atoms with Crippen molar-refractivity contribution in [3.8, 4) is 5.75 Å². The van der Waals surface area contributed by atoms with Crippen molar-refractivity contribution in [3.63, 3.8) is 0 Å². The number of methoxy groups -OCH3 is 1. The van der Waals surface area contributed by atoms with E-state index < -0.39 is 0 Å². The average molecular weight is 284 g/mol. The van der Waals surface area contributed by atoms with Crippen molar-refractivity contribution in [3.05, 3.63) is 59.2 Å². The zero-order chi connectivity index (χ0) is 15.4. The summed E-state index contributed by atoms with van der Waals surface area (Å²) in [5.41, 5.74) is 11.2. The van der Waals surface area contributed by atoms with Crippen LogP contribution in [0.2, 0.25) is 0 Å². The third-order valence-electron chi connectivity index (χ3n) is 3.66. The summed E-state index contributed by atoms with van der Waals surface area (Å²) in [5.74, 6) is 0.855. The van der Waals surface area contributed by atoms with Gasteiger partial charge in [0.1, 0.15) is 5.75 Å². The molecule has 0 aliphatic rings. The molecular weight excluding hydrogens is 260 g/mol. The molecule has 1 unspecified atom stereocenters. The summed E-state index contributed by atoms with van der Waals surface area (Å²) in [6, 6.07) is 14.5. The predicted octanol–water partition coefficient (Wildman–Crippen LogP) is 3.45. The van der Waals surface area contributed by atoms with Crippen LogP contribution in [0.3, 0.4) is 0 Å². The molecule has 0 heterocycles. The average Bonchev–Trinajstić information content (AvgIpc) is 2.46. The second kappa shape index (κ2) is 6.64. The molecule has 3 nitrogen and oxygen atoms in total. The molecule has 0 bridgehead atoms. The Morgan fingerprint density at radius 3 is 2.14 bits per heavy atom. The van der Waals surface area contributed by atoms with Gasteiger partial charge in [-0.3, -0.25) is 0 Å². The zero-order valence-electron chi connectivity index (χ0n) is 13.3. The first kappa shape index (κ1) is 15.4. The Labute approximate surface area is 127 Å². The van der Waals surface area contributed by atoms with Gasteiger partial charge in [0.15, 0.2) is 0 Å². The van der Waals surface area contributed by atoms with E-state index >= 15 is 0 Å². The highest BCUT2D eigenvalue weighted by Gasteiger charge is 2.10. The molecule has 2 N–H and O–H groups in total. The van der Waals surface area contributed by atoms with Crippen molar-refractivity contribution in [2.45, 2.75) is 19.9 Å². The molecule has 3 heteroatoms. The molecule has 0 aromatic heterocycles. The molecule has 0 spiro atoms. The topological polar surface area (TPSA) is 38.5 Å². The molecule has 2 rings (SSSR count). The van der Waals surface area contributed by atoms with Gasteiger partial charge in [0.25, 0.3) is 0 Å². The van der Waals surface area contributed by atoms with Crippen LogP contribution in [-0.4, -0.2) is 20.7 Å². The number of nitrogens with zero attached hydrogens (tertiary/aromatic N) is 1. The largest absolute Gasteiger partial charge is 0.497 e. The van der Waals surface area contributed by atoms with E-state index in [0.717, 1.165) is 17.9 Å². The van der Waals surface area contributed by atoms with Gasteiger partial charge in [-0.15, -0.1) is 0 Å². The Bertz CT molecular complexity index is 572. The van der Waals surface area contributed by atoms with E-state index in [1.54, 1.807) is 7.11 Å². The fourth-order valence-corrected chi connectivity index (χ4v) is 2.53. The minimum atomic E-state index is -0.0262. The normalized spacial score (nSPS) is 12.0. The maximum Gasteiger partial charge on any atom is 0.118 e. The minimum absolute atomic E-state index is 0.0262. The molecule has 0 amide bonds. The molecule has 112 valence electrons. The van der Waals surface area contributed by atoms with Gasteiger partial charge in [0.05, 0.1) is 7.11 Å². The summed E-state index contributed by atoms with van der Waals surface area (Å²) in [5, 5.41) is 0. The van der Waals surface area contributed by atoms with Crippen molar-refractivity contribution in [2.24, 2.45) is 5.73 Å². The number of hydrogen-bond donors (Lipinski definition) is 1. The van der Waals surface area contributed by atoms with Crippen LogP contribution >= 0.6 is 0 Å². The zero-order valence-corrected chi connectivity index (χ0v) is 13.3. The van der Waals surface area contributed by atoms with Crippen LogP contribution in [0.1, 0.15) is 22.7 Å². The molecule has 2 aromatic carbocycles. The van der Waals surface area contributed by atoms with E-state index in [1.165, 1.54) is 16.8 Å². The lowest BCUT2D eigenvalue weighted by atomic mass is 10.1. The fraction of sp³-hybridized carbons (Fsp3) is 0.333. The van der Waals surface area contributed by atoms with Gasteiger partial charge in [0, 0.05) is 25.3 Å². The Morgan fingerprint density at radius 2 is 1.62 bits per heavy atom. The molecule has 21 heavy (non-hydrogen) atoms. The smallest absolute Gasteiger partial charge is 0.118 e. The fourth-order valence-electron chi connectivity index (χ4n) is 2.53. The van der Waals surface area contributed by atoms with Crippen molar-refractivity contribution in [1.29, 1.82) is 0 Å². The highest BCUT2D eigenvalue weighted by Crippen LogP contribution is 2.21. The molecule has 0 aliphatic carbocycles. The summed E-state index contributed by atoms with van der Waals surface area (Å²) >= 11 is 0. The van der Waals surface area contributed by atoms with Crippen molar-refractivity contribution in [1.82, 2.24) is 0 Å². The lowest BCUT2D eigenvalue weighted by Gasteiger charge is -2.24. The SMILES string of the molecule is COc1ccc(C(N)CN(C)c2cc(C)cc(C)c2)cc1. The first-order chi connectivity index (χ1) is 9.99. The lowest BCUT2D eigenvalue weighted by molar-refractivity contribution is 0.414. The summed E-state index contributed by atoms with van der Waals surface area (Å²) in [6.07, 6.45) is 0. The van der Waals surface area contributed by atoms with Crippen LogP contribution in [0, 0.1) is 13.8 Å². The number of aryl methyl sites for hydroxylation is 2. The van der Waals surface area contributed by atoms with Gasteiger partial charge in [0.2, 0.25) is 0 Å². The Balaban J connectivity index is 2.08. The van der Waals surface area contributed by atoms with E-state index in [-0.39, 0.29) is 6.04 Å². The number of benzene rings is 2. The number of ether oxygens (including phenoxy) is 1. The van der Waals surface area contributed by atoms with Gasteiger partial charge < -0.3 is 15.4 Å². The van der Waals surface area contributed by atoms with Gasteiger partial charge in [-0.2, -0.15) is 0 Å². The van der Waals surface area contributed by atoms with E-state index in [2.05, 4.69) is 44.0 Å². The number of likely N-dealkylation sites (N-methyl/N-ethyl adjacent to an activating group) is 1. The number of rotatable bonds is 5. The van der Waals surface area contributed by atoms with Gasteiger partial charge in [-0.25, -0.2) is 0 Å². The summed E-state index contributed by atoms with van der Waals surface area (Å²) in [6.45, 7) is 5.01. The van der Waals surface area contributed by atoms with Crippen LogP contribution in [0.25, 0.3) is 0 Å². The molecule has 0 radical (unpaired) electrons. The van der Waals surface area contributed by atoms with E-state index in [1.807, 2.05) is 24.3 Å². The minimum Gasteiger partial charge on any atom is -0.497 e. The molecule has 0 saturated heterocycles. The molecule has 0 fully saturated rings. The van der Waals surface area contributed by atoms with Crippen LogP contribution in [0.15, 0.2) is 42.5 Å². The van der Waals surface area contributed by atoms with Crippen LogP contribution in [0.5, 0.6) is 5.75 Å². The van der Waals surface area contributed by atoms with E-state index in [0.29, 0.717) is 0 Å². The summed E-state index contributed by atoms with van der Waals surface area (Å²) in [7, 11) is 3.75. The Kier molecular flexibility index (Phi) is 4.86. The monoisotopic (exact) mass is 284 g/mol. The van der Waals surface area contributed by atoms with Crippen molar-refractivity contribution >= 4 is 5.69 Å². The maximum atomic E-state index is 6.32. The third kappa shape index (κ3) is 3.99. The summed E-state index contributed by atoms with van der Waals surface area (Å²) < 4.78 is 5.17. The number of anilines is 1. The van der Waals surface area contributed by atoms with E-state index in [9.17, 15) is 0 Å². The van der Waals surface area contributed by atoms with Gasteiger partial charge in [-0.1, -0.05) is 18.2 Å². The molecular formula is C18H24N2O. The lowest BCUT2D eigenvalue weighted by Crippen LogP contribution is -2.29. The first-order valence-electron chi connectivity index (χ1n) is 7.18. The molecule has 0 saturated carbocycles. The predicted molar refractivity (Wildman–Crippen MR) is 89.1 cm³/mol. The number of nitrogens with two attached hydrogens (primary N) is 1. The summed E-state index contributed by atoms with van der Waals surface area (Å²) in [4.78, 5) is 2.20. The van der Waals surface area contributed by atoms with Crippen LogP contribution < -0.4 is 15.4 Å².